The molecule has 1 aliphatic rings. The summed E-state index contributed by atoms with van der Waals surface area (Å²) >= 11 is 0. The number of aromatic hydroxyl groups is 1. The summed E-state index contributed by atoms with van der Waals surface area (Å²) in [6.45, 7) is 0.263. The monoisotopic (exact) mass is 401 g/mol. The number of rotatable bonds is 3. The summed E-state index contributed by atoms with van der Waals surface area (Å²) in [5.74, 6) is -0.921. The minimum atomic E-state index is -0.711. The van der Waals surface area contributed by atoms with E-state index in [4.69, 9.17) is 4.42 Å². The largest absolute Gasteiger partial charge is 0.508 e. The van der Waals surface area contributed by atoms with E-state index in [1.807, 2.05) is 30.3 Å². The molecule has 0 spiro atoms. The summed E-state index contributed by atoms with van der Waals surface area (Å²) in [6, 6.07) is 18.7. The number of carbonyl (C=O) groups is 1. The lowest BCUT2D eigenvalue weighted by atomic mass is 9.98. The van der Waals surface area contributed by atoms with Gasteiger partial charge in [0.15, 0.2) is 5.43 Å². The van der Waals surface area contributed by atoms with Gasteiger partial charge in [0.2, 0.25) is 5.76 Å². The maximum Gasteiger partial charge on any atom is 0.291 e. The van der Waals surface area contributed by atoms with Crippen LogP contribution >= 0.6 is 0 Å². The summed E-state index contributed by atoms with van der Waals surface area (Å²) in [4.78, 5) is 28.2. The highest BCUT2D eigenvalue weighted by Crippen LogP contribution is 2.39. The van der Waals surface area contributed by atoms with Crippen LogP contribution in [-0.2, 0) is 6.54 Å². The van der Waals surface area contributed by atoms with E-state index in [9.17, 15) is 19.1 Å². The van der Waals surface area contributed by atoms with Gasteiger partial charge in [0.25, 0.3) is 5.91 Å². The Morgan fingerprint density at radius 3 is 2.43 bits per heavy atom. The van der Waals surface area contributed by atoms with E-state index in [0.717, 1.165) is 11.6 Å². The molecule has 1 amide bonds. The number of benzene rings is 3. The molecule has 0 bridgehead atoms. The van der Waals surface area contributed by atoms with Crippen LogP contribution in [0.2, 0.25) is 0 Å². The third-order valence-corrected chi connectivity index (χ3v) is 5.33. The van der Waals surface area contributed by atoms with Gasteiger partial charge in [0, 0.05) is 6.54 Å². The van der Waals surface area contributed by atoms with Crippen molar-refractivity contribution >= 4 is 16.9 Å². The standard InChI is InChI=1S/C24H16FNO4/c25-16-8-11-19-18(12-16)22(28)20-21(15-6-9-17(27)10-7-15)26(24(29)23(20)30-19)13-14-4-2-1-3-5-14/h1-12,21,27H,13H2/t21-/m1/s1. The molecule has 0 saturated carbocycles. The lowest BCUT2D eigenvalue weighted by Gasteiger charge is -2.25. The van der Waals surface area contributed by atoms with Crippen LogP contribution in [0, 0.1) is 5.82 Å². The fourth-order valence-electron chi connectivity index (χ4n) is 3.94. The normalized spacial score (nSPS) is 15.6. The van der Waals surface area contributed by atoms with Crippen molar-refractivity contribution in [2.24, 2.45) is 0 Å². The molecule has 0 saturated heterocycles. The highest BCUT2D eigenvalue weighted by molar-refractivity contribution is 5.99. The number of fused-ring (bicyclic) bond motifs is 2. The predicted octanol–water partition coefficient (Wildman–Crippen LogP) is 4.38. The number of hydrogen-bond acceptors (Lipinski definition) is 4. The van der Waals surface area contributed by atoms with Crippen LogP contribution in [0.3, 0.4) is 0 Å². The first kappa shape index (κ1) is 18.1. The number of amides is 1. The van der Waals surface area contributed by atoms with Crippen molar-refractivity contribution in [2.45, 2.75) is 12.6 Å². The van der Waals surface area contributed by atoms with Crippen molar-refractivity contribution in [1.82, 2.24) is 4.90 Å². The smallest absolute Gasteiger partial charge is 0.291 e. The number of carbonyl (C=O) groups excluding carboxylic acids is 1. The topological polar surface area (TPSA) is 70.8 Å². The highest BCUT2D eigenvalue weighted by Gasteiger charge is 2.42. The second kappa shape index (κ2) is 6.84. The molecule has 3 aromatic carbocycles. The number of phenolic OH excluding ortho intramolecular Hbond substituents is 1. The molecule has 1 aromatic heterocycles. The third-order valence-electron chi connectivity index (χ3n) is 5.33. The summed E-state index contributed by atoms with van der Waals surface area (Å²) in [5.41, 5.74) is 1.45. The van der Waals surface area contributed by atoms with E-state index >= 15 is 0 Å². The summed E-state index contributed by atoms with van der Waals surface area (Å²) in [7, 11) is 0. The maximum absolute atomic E-state index is 13.8. The molecular formula is C24H16FNO4. The first-order valence-corrected chi connectivity index (χ1v) is 9.43. The van der Waals surface area contributed by atoms with Gasteiger partial charge in [-0.3, -0.25) is 9.59 Å². The lowest BCUT2D eigenvalue weighted by Crippen LogP contribution is -2.29. The molecule has 2 heterocycles. The van der Waals surface area contributed by atoms with Crippen LogP contribution < -0.4 is 5.43 Å². The van der Waals surface area contributed by atoms with Crippen LogP contribution in [0.1, 0.15) is 33.3 Å². The minimum absolute atomic E-state index is 0.0342. The Labute approximate surface area is 170 Å². The second-order valence-electron chi connectivity index (χ2n) is 7.23. The summed E-state index contributed by atoms with van der Waals surface area (Å²) in [5, 5.41) is 9.76. The minimum Gasteiger partial charge on any atom is -0.508 e. The van der Waals surface area contributed by atoms with E-state index in [2.05, 4.69) is 0 Å². The molecule has 0 fully saturated rings. The SMILES string of the molecule is O=C1c2oc3ccc(F)cc3c(=O)c2[C@@H](c2ccc(O)cc2)N1Cc1ccccc1. The zero-order valence-electron chi connectivity index (χ0n) is 15.7. The van der Waals surface area contributed by atoms with Crippen molar-refractivity contribution < 1.29 is 18.7 Å². The van der Waals surface area contributed by atoms with Crippen LogP contribution in [0.25, 0.3) is 11.0 Å². The van der Waals surface area contributed by atoms with Gasteiger partial charge in [-0.15, -0.1) is 0 Å². The fourth-order valence-corrected chi connectivity index (χ4v) is 3.94. The zero-order valence-corrected chi connectivity index (χ0v) is 15.7. The molecule has 148 valence electrons. The number of nitrogens with zero attached hydrogens (tertiary/aromatic N) is 1. The average molecular weight is 401 g/mol. The van der Waals surface area contributed by atoms with E-state index < -0.39 is 23.2 Å². The Kier molecular flexibility index (Phi) is 4.13. The number of phenols is 1. The van der Waals surface area contributed by atoms with Crippen LogP contribution in [0.5, 0.6) is 5.75 Å². The molecule has 0 unspecified atom stereocenters. The zero-order chi connectivity index (χ0) is 20.8. The lowest BCUT2D eigenvalue weighted by molar-refractivity contribution is 0.0714. The fraction of sp³-hybridized carbons (Fsp3) is 0.0833. The Balaban J connectivity index is 1.74. The highest BCUT2D eigenvalue weighted by atomic mass is 19.1. The Morgan fingerprint density at radius 1 is 0.967 bits per heavy atom. The first-order chi connectivity index (χ1) is 14.5. The van der Waals surface area contributed by atoms with Gasteiger partial charge in [0.1, 0.15) is 17.1 Å². The quantitative estimate of drug-likeness (QED) is 0.553. The molecule has 0 aliphatic carbocycles. The molecule has 0 radical (unpaired) electrons. The van der Waals surface area contributed by atoms with Gasteiger partial charge in [-0.2, -0.15) is 0 Å². The molecule has 1 atom stereocenters. The van der Waals surface area contributed by atoms with Crippen molar-refractivity contribution in [3.05, 3.63) is 111 Å². The average Bonchev–Trinajstić information content (AvgIpc) is 3.02. The second-order valence-corrected chi connectivity index (χ2v) is 7.23. The molecule has 6 heteroatoms. The van der Waals surface area contributed by atoms with E-state index in [0.29, 0.717) is 5.56 Å². The van der Waals surface area contributed by atoms with Crippen LogP contribution in [0.15, 0.2) is 82.0 Å². The van der Waals surface area contributed by atoms with E-state index in [1.54, 1.807) is 17.0 Å². The van der Waals surface area contributed by atoms with Crippen LogP contribution in [-0.4, -0.2) is 15.9 Å². The Morgan fingerprint density at radius 2 is 1.70 bits per heavy atom. The summed E-state index contributed by atoms with van der Waals surface area (Å²) < 4.78 is 19.6. The number of halogens is 1. The molecule has 5 rings (SSSR count). The first-order valence-electron chi connectivity index (χ1n) is 9.43. The summed E-state index contributed by atoms with van der Waals surface area (Å²) in [6.07, 6.45) is 0. The Bertz CT molecular complexity index is 1330. The van der Waals surface area contributed by atoms with Gasteiger partial charge in [0.05, 0.1) is 17.0 Å². The molecule has 1 N–H and O–H groups in total. The predicted molar refractivity (Wildman–Crippen MR) is 109 cm³/mol. The maximum atomic E-state index is 13.8. The van der Waals surface area contributed by atoms with Gasteiger partial charge >= 0.3 is 0 Å². The third kappa shape index (κ3) is 2.85. The van der Waals surface area contributed by atoms with Gasteiger partial charge < -0.3 is 14.4 Å². The van der Waals surface area contributed by atoms with Crippen LogP contribution in [0.4, 0.5) is 4.39 Å². The van der Waals surface area contributed by atoms with Crippen molar-refractivity contribution in [1.29, 1.82) is 0 Å². The Hall–Kier alpha value is -3.93. The molecule has 5 nitrogen and oxygen atoms in total. The molecular weight excluding hydrogens is 385 g/mol. The van der Waals surface area contributed by atoms with Gasteiger partial charge in [-0.25, -0.2) is 4.39 Å². The molecule has 30 heavy (non-hydrogen) atoms. The number of hydrogen-bond donors (Lipinski definition) is 1. The van der Waals surface area contributed by atoms with Gasteiger partial charge in [-0.1, -0.05) is 42.5 Å². The van der Waals surface area contributed by atoms with Gasteiger partial charge in [-0.05, 0) is 41.5 Å². The van der Waals surface area contributed by atoms with E-state index in [-0.39, 0.29) is 34.6 Å². The van der Waals surface area contributed by atoms with Crippen molar-refractivity contribution in [3.63, 3.8) is 0 Å². The van der Waals surface area contributed by atoms with E-state index in [1.165, 1.54) is 24.3 Å². The van der Waals surface area contributed by atoms with Crippen molar-refractivity contribution in [2.75, 3.05) is 0 Å². The molecule has 1 aliphatic heterocycles. The van der Waals surface area contributed by atoms with Crippen molar-refractivity contribution in [3.8, 4) is 5.75 Å². The molecule has 4 aromatic rings.